The van der Waals surface area contributed by atoms with Gasteiger partial charge in [0.05, 0.1) is 22.6 Å². The van der Waals surface area contributed by atoms with Gasteiger partial charge >= 0.3 is 0 Å². The lowest BCUT2D eigenvalue weighted by molar-refractivity contribution is 0.0680. The van der Waals surface area contributed by atoms with Gasteiger partial charge < -0.3 is 4.90 Å². The summed E-state index contributed by atoms with van der Waals surface area (Å²) in [4.78, 5) is 33.5. The molecule has 168 valence electrons. The van der Waals surface area contributed by atoms with Crippen molar-refractivity contribution in [3.05, 3.63) is 106 Å². The lowest BCUT2D eigenvalue weighted by atomic mass is 10.1. The van der Waals surface area contributed by atoms with Crippen molar-refractivity contribution in [3.8, 4) is 5.69 Å². The van der Waals surface area contributed by atoms with Crippen LogP contribution in [0.2, 0.25) is 0 Å². The van der Waals surface area contributed by atoms with Crippen molar-refractivity contribution in [2.45, 2.75) is 33.2 Å². The van der Waals surface area contributed by atoms with E-state index >= 15 is 0 Å². The van der Waals surface area contributed by atoms with Gasteiger partial charge in [0.15, 0.2) is 0 Å². The zero-order valence-corrected chi connectivity index (χ0v) is 19.0. The van der Waals surface area contributed by atoms with Gasteiger partial charge in [-0.15, -0.1) is 0 Å². The fourth-order valence-corrected chi connectivity index (χ4v) is 4.12. The number of halogens is 1. The van der Waals surface area contributed by atoms with Gasteiger partial charge in [0.25, 0.3) is 11.5 Å². The van der Waals surface area contributed by atoms with Gasteiger partial charge in [-0.25, -0.2) is 9.37 Å². The third-order valence-electron chi connectivity index (χ3n) is 5.80. The summed E-state index contributed by atoms with van der Waals surface area (Å²) in [7, 11) is 0. The summed E-state index contributed by atoms with van der Waals surface area (Å²) < 4.78 is 15.4. The van der Waals surface area contributed by atoms with Gasteiger partial charge in [-0.3, -0.25) is 14.2 Å². The predicted molar refractivity (Wildman–Crippen MR) is 128 cm³/mol. The third-order valence-corrected chi connectivity index (χ3v) is 5.80. The average Bonchev–Trinajstić information content (AvgIpc) is 2.82. The van der Waals surface area contributed by atoms with E-state index in [4.69, 9.17) is 4.98 Å². The number of para-hydroxylation sites is 2. The van der Waals surface area contributed by atoms with E-state index in [1.54, 1.807) is 27.7 Å². The van der Waals surface area contributed by atoms with Crippen LogP contribution < -0.4 is 5.56 Å². The number of aryl methyl sites for hydroxylation is 1. The molecule has 0 fully saturated rings. The molecule has 0 aliphatic rings. The Kier molecular flexibility index (Phi) is 6.36. The first-order chi connectivity index (χ1) is 15.9. The molecule has 1 atom stereocenters. The molecular formula is C27H26FN3O2. The molecule has 0 aliphatic heterocycles. The van der Waals surface area contributed by atoms with Crippen LogP contribution in [0.5, 0.6) is 0 Å². The van der Waals surface area contributed by atoms with Crippen molar-refractivity contribution in [3.63, 3.8) is 0 Å². The van der Waals surface area contributed by atoms with Gasteiger partial charge in [-0.2, -0.15) is 0 Å². The average molecular weight is 444 g/mol. The normalized spacial score (nSPS) is 12.0. The molecule has 0 aliphatic carbocycles. The summed E-state index contributed by atoms with van der Waals surface area (Å²) in [6, 6.07) is 20.0. The Morgan fingerprint density at radius 2 is 1.79 bits per heavy atom. The number of benzene rings is 3. The first-order valence-corrected chi connectivity index (χ1v) is 11.1. The summed E-state index contributed by atoms with van der Waals surface area (Å²) in [5, 5.41) is 0.509. The number of carbonyl (C=O) groups excluding carboxylic acids is 1. The third kappa shape index (κ3) is 4.29. The van der Waals surface area contributed by atoms with Crippen LogP contribution in [0.15, 0.2) is 77.6 Å². The van der Waals surface area contributed by atoms with Crippen molar-refractivity contribution in [2.75, 3.05) is 6.54 Å². The highest BCUT2D eigenvalue weighted by Gasteiger charge is 2.27. The molecule has 3 aromatic carbocycles. The number of carbonyl (C=O) groups is 1. The van der Waals surface area contributed by atoms with E-state index in [0.29, 0.717) is 29.7 Å². The molecule has 4 aromatic rings. The van der Waals surface area contributed by atoms with Crippen LogP contribution in [0.25, 0.3) is 16.6 Å². The summed E-state index contributed by atoms with van der Waals surface area (Å²) in [6.07, 6.45) is 0.702. The van der Waals surface area contributed by atoms with E-state index in [9.17, 15) is 14.0 Å². The minimum absolute atomic E-state index is 0.189. The molecule has 0 bridgehead atoms. The second-order valence-electron chi connectivity index (χ2n) is 8.10. The number of hydrogen-bond acceptors (Lipinski definition) is 3. The fraction of sp³-hybridized carbons (Fsp3) is 0.222. The number of rotatable bonds is 6. The van der Waals surface area contributed by atoms with Crippen molar-refractivity contribution < 1.29 is 9.18 Å². The van der Waals surface area contributed by atoms with E-state index in [0.717, 1.165) is 11.3 Å². The van der Waals surface area contributed by atoms with Crippen LogP contribution >= 0.6 is 0 Å². The maximum atomic E-state index is 13.8. The summed E-state index contributed by atoms with van der Waals surface area (Å²) >= 11 is 0. The minimum atomic E-state index is -0.530. The lowest BCUT2D eigenvalue weighted by Crippen LogP contribution is -2.38. The Morgan fingerprint density at radius 1 is 1.06 bits per heavy atom. The minimum Gasteiger partial charge on any atom is -0.329 e. The van der Waals surface area contributed by atoms with E-state index in [1.807, 2.05) is 57.2 Å². The van der Waals surface area contributed by atoms with Crippen LogP contribution in [0.1, 0.15) is 48.1 Å². The van der Waals surface area contributed by atoms with E-state index in [1.165, 1.54) is 18.2 Å². The molecule has 0 saturated heterocycles. The Morgan fingerprint density at radius 3 is 2.52 bits per heavy atom. The smallest absolute Gasteiger partial charge is 0.266 e. The molecular weight excluding hydrogens is 417 g/mol. The molecule has 6 heteroatoms. The lowest BCUT2D eigenvalue weighted by Gasteiger charge is -2.30. The van der Waals surface area contributed by atoms with Gasteiger partial charge in [0.1, 0.15) is 11.6 Å². The van der Waals surface area contributed by atoms with Gasteiger partial charge in [0, 0.05) is 12.1 Å². The molecule has 33 heavy (non-hydrogen) atoms. The molecule has 1 aromatic heterocycles. The largest absolute Gasteiger partial charge is 0.329 e. The quantitative estimate of drug-likeness (QED) is 0.398. The molecule has 1 heterocycles. The topological polar surface area (TPSA) is 55.2 Å². The predicted octanol–water partition coefficient (Wildman–Crippen LogP) is 5.45. The van der Waals surface area contributed by atoms with E-state index in [-0.39, 0.29) is 17.0 Å². The Hall–Kier alpha value is -3.80. The van der Waals surface area contributed by atoms with Crippen molar-refractivity contribution in [1.29, 1.82) is 0 Å². The van der Waals surface area contributed by atoms with E-state index in [2.05, 4.69) is 0 Å². The molecule has 1 amide bonds. The highest BCUT2D eigenvalue weighted by molar-refractivity contribution is 5.94. The van der Waals surface area contributed by atoms with Gasteiger partial charge in [-0.05, 0) is 62.2 Å². The number of nitrogens with zero attached hydrogens (tertiary/aromatic N) is 3. The second-order valence-corrected chi connectivity index (χ2v) is 8.10. The second kappa shape index (κ2) is 9.36. The SMILES string of the molecule is CCCN(C(=O)c1cccc(F)c1)C(C)c1nc2ccccc2c(=O)n1-c1ccccc1C. The highest BCUT2D eigenvalue weighted by atomic mass is 19.1. The Bertz CT molecular complexity index is 1380. The molecule has 0 N–H and O–H groups in total. The van der Waals surface area contributed by atoms with Crippen molar-refractivity contribution >= 4 is 16.8 Å². The maximum Gasteiger partial charge on any atom is 0.266 e. The zero-order valence-electron chi connectivity index (χ0n) is 19.0. The number of hydrogen-bond donors (Lipinski definition) is 0. The molecule has 0 spiro atoms. The summed E-state index contributed by atoms with van der Waals surface area (Å²) in [6.45, 7) is 6.21. The van der Waals surface area contributed by atoms with Crippen LogP contribution in [0.4, 0.5) is 4.39 Å². The zero-order chi connectivity index (χ0) is 23.5. The molecule has 5 nitrogen and oxygen atoms in total. The van der Waals surface area contributed by atoms with Gasteiger partial charge in [0.2, 0.25) is 0 Å². The first kappa shape index (κ1) is 22.4. The summed E-state index contributed by atoms with van der Waals surface area (Å²) in [5.74, 6) is -0.306. The van der Waals surface area contributed by atoms with E-state index < -0.39 is 11.9 Å². The standard InChI is InChI=1S/C27H26FN3O2/c1-4-16-30(26(32)20-11-9-12-21(28)17-20)19(3)25-29-23-14-7-6-13-22(23)27(33)31(25)24-15-8-5-10-18(24)2/h5-15,17,19H,4,16H2,1-3H3. The van der Waals surface area contributed by atoms with Crippen LogP contribution in [0, 0.1) is 12.7 Å². The number of fused-ring (bicyclic) bond motifs is 1. The maximum absolute atomic E-state index is 13.8. The van der Waals surface area contributed by atoms with Gasteiger partial charge in [-0.1, -0.05) is 43.3 Å². The number of amides is 1. The number of aromatic nitrogens is 2. The molecule has 1 unspecified atom stereocenters. The van der Waals surface area contributed by atoms with Crippen LogP contribution in [-0.4, -0.2) is 26.9 Å². The summed E-state index contributed by atoms with van der Waals surface area (Å²) in [5.41, 5.74) is 2.29. The Labute approximate surface area is 192 Å². The Balaban J connectivity index is 1.93. The van der Waals surface area contributed by atoms with Crippen molar-refractivity contribution in [2.24, 2.45) is 0 Å². The monoisotopic (exact) mass is 443 g/mol. The van der Waals surface area contributed by atoms with Crippen LogP contribution in [-0.2, 0) is 0 Å². The molecule has 0 saturated carbocycles. The fourth-order valence-electron chi connectivity index (χ4n) is 4.12. The first-order valence-electron chi connectivity index (χ1n) is 11.1. The van der Waals surface area contributed by atoms with Crippen molar-refractivity contribution in [1.82, 2.24) is 14.5 Å². The highest BCUT2D eigenvalue weighted by Crippen LogP contribution is 2.26. The van der Waals surface area contributed by atoms with Crippen LogP contribution in [0.3, 0.4) is 0 Å². The molecule has 0 radical (unpaired) electrons. The molecule has 4 rings (SSSR count).